The molecule has 1 aromatic carbocycles. The summed E-state index contributed by atoms with van der Waals surface area (Å²) in [4.78, 5) is 0.160. The van der Waals surface area contributed by atoms with E-state index in [1.54, 1.807) is 24.3 Å². The number of primary sulfonamides is 1. The molecule has 1 aliphatic rings. The van der Waals surface area contributed by atoms with Crippen LogP contribution in [0.25, 0.3) is 0 Å². The number of hydrogen-bond donors (Lipinski definition) is 2. The van der Waals surface area contributed by atoms with Gasteiger partial charge in [-0.15, -0.1) is 0 Å². The van der Waals surface area contributed by atoms with E-state index in [1.807, 2.05) is 0 Å². The van der Waals surface area contributed by atoms with E-state index < -0.39 is 10.0 Å². The molecule has 1 aromatic rings. The number of sulfonamides is 1. The van der Waals surface area contributed by atoms with Gasteiger partial charge in [-0.05, 0) is 43.0 Å². The van der Waals surface area contributed by atoms with E-state index in [0.29, 0.717) is 0 Å². The summed E-state index contributed by atoms with van der Waals surface area (Å²) in [5.41, 5.74) is 0.955. The summed E-state index contributed by atoms with van der Waals surface area (Å²) in [5.74, 6) is 0.736. The Bertz CT molecular complexity index is 489. The number of anilines is 1. The van der Waals surface area contributed by atoms with E-state index in [2.05, 4.69) is 5.32 Å². The fourth-order valence-electron chi connectivity index (χ4n) is 2.59. The fourth-order valence-corrected chi connectivity index (χ4v) is 3.11. The molecule has 1 aliphatic carbocycles. The average molecular weight is 282 g/mol. The molecular weight excluding hydrogens is 260 g/mol. The lowest BCUT2D eigenvalue weighted by Gasteiger charge is -2.15. The molecule has 0 heterocycles. The van der Waals surface area contributed by atoms with Gasteiger partial charge in [0.1, 0.15) is 0 Å². The van der Waals surface area contributed by atoms with Crippen molar-refractivity contribution in [1.82, 2.24) is 0 Å². The van der Waals surface area contributed by atoms with Crippen molar-refractivity contribution in [3.8, 4) is 0 Å². The fraction of sp³-hybridized carbons (Fsp3) is 0.571. The molecular formula is C14H22N2O2S. The summed E-state index contributed by atoms with van der Waals surface area (Å²) in [6, 6.07) is 6.64. The van der Waals surface area contributed by atoms with Gasteiger partial charge in [0, 0.05) is 12.2 Å². The van der Waals surface area contributed by atoms with Crippen LogP contribution in [0.5, 0.6) is 0 Å². The molecule has 0 radical (unpaired) electrons. The second-order valence-corrected chi connectivity index (χ2v) is 6.87. The number of nitrogens with one attached hydrogen (secondary N) is 1. The maximum Gasteiger partial charge on any atom is 0.238 e. The van der Waals surface area contributed by atoms with Gasteiger partial charge in [0.05, 0.1) is 4.90 Å². The number of rotatable bonds is 4. The second-order valence-electron chi connectivity index (χ2n) is 5.31. The summed E-state index contributed by atoms with van der Waals surface area (Å²) in [7, 11) is -3.59. The first-order valence-electron chi connectivity index (χ1n) is 6.92. The smallest absolute Gasteiger partial charge is 0.238 e. The highest BCUT2D eigenvalue weighted by molar-refractivity contribution is 7.89. The van der Waals surface area contributed by atoms with Crippen molar-refractivity contribution in [2.24, 2.45) is 11.1 Å². The van der Waals surface area contributed by atoms with Crippen molar-refractivity contribution < 1.29 is 8.42 Å². The van der Waals surface area contributed by atoms with Crippen molar-refractivity contribution in [2.45, 2.75) is 43.4 Å². The first-order valence-corrected chi connectivity index (χ1v) is 8.47. The van der Waals surface area contributed by atoms with Crippen LogP contribution >= 0.6 is 0 Å². The largest absolute Gasteiger partial charge is 0.385 e. The van der Waals surface area contributed by atoms with Gasteiger partial charge in [0.15, 0.2) is 0 Å². The molecule has 106 valence electrons. The molecule has 2 rings (SSSR count). The summed E-state index contributed by atoms with van der Waals surface area (Å²) < 4.78 is 22.3. The molecule has 1 fully saturated rings. The third kappa shape index (κ3) is 4.51. The molecule has 3 N–H and O–H groups in total. The predicted molar refractivity (Wildman–Crippen MR) is 77.5 cm³/mol. The van der Waals surface area contributed by atoms with Gasteiger partial charge < -0.3 is 5.32 Å². The molecule has 0 spiro atoms. The lowest BCUT2D eigenvalue weighted by Crippen LogP contribution is -2.14. The zero-order chi connectivity index (χ0) is 13.7. The lowest BCUT2D eigenvalue weighted by molar-refractivity contribution is 0.483. The second kappa shape index (κ2) is 6.39. The van der Waals surface area contributed by atoms with Gasteiger partial charge in [-0.3, -0.25) is 0 Å². The molecule has 19 heavy (non-hydrogen) atoms. The number of hydrogen-bond acceptors (Lipinski definition) is 3. The minimum absolute atomic E-state index is 0.160. The molecule has 0 aliphatic heterocycles. The van der Waals surface area contributed by atoms with Crippen LogP contribution in [0.1, 0.15) is 38.5 Å². The summed E-state index contributed by atoms with van der Waals surface area (Å²) in [6.07, 6.45) is 7.97. The lowest BCUT2D eigenvalue weighted by atomic mass is 10.0. The number of nitrogens with two attached hydrogens (primary N) is 1. The standard InChI is InChI=1S/C14H22N2O2S/c15-19(17,18)14-9-7-13(8-10-14)16-11-12-5-3-1-2-4-6-12/h7-10,12,16H,1-6,11H2,(H2,15,17,18). The van der Waals surface area contributed by atoms with E-state index >= 15 is 0 Å². The zero-order valence-electron chi connectivity index (χ0n) is 11.1. The first kappa shape index (κ1) is 14.3. The van der Waals surface area contributed by atoms with Gasteiger partial charge >= 0.3 is 0 Å². The highest BCUT2D eigenvalue weighted by atomic mass is 32.2. The molecule has 0 saturated heterocycles. The molecule has 0 amide bonds. The van der Waals surface area contributed by atoms with Gasteiger partial charge in [-0.25, -0.2) is 13.6 Å². The molecule has 0 atom stereocenters. The first-order chi connectivity index (χ1) is 9.05. The Labute approximate surface area is 115 Å². The van der Waals surface area contributed by atoms with E-state index in [9.17, 15) is 8.42 Å². The number of benzene rings is 1. The molecule has 0 bridgehead atoms. The molecule has 4 nitrogen and oxygen atoms in total. The summed E-state index contributed by atoms with van der Waals surface area (Å²) >= 11 is 0. The minimum Gasteiger partial charge on any atom is -0.385 e. The van der Waals surface area contributed by atoms with Crippen LogP contribution in [-0.2, 0) is 10.0 Å². The average Bonchev–Trinajstić information content (AvgIpc) is 2.64. The van der Waals surface area contributed by atoms with E-state index in [1.165, 1.54) is 38.5 Å². The molecule has 0 unspecified atom stereocenters. The van der Waals surface area contributed by atoms with Gasteiger partial charge in [0.2, 0.25) is 10.0 Å². The quantitative estimate of drug-likeness (QED) is 0.834. The van der Waals surface area contributed by atoms with E-state index in [0.717, 1.165) is 18.2 Å². The monoisotopic (exact) mass is 282 g/mol. The SMILES string of the molecule is NS(=O)(=O)c1ccc(NCC2CCCCCC2)cc1. The van der Waals surface area contributed by atoms with Crippen LogP contribution in [0.3, 0.4) is 0 Å². The van der Waals surface area contributed by atoms with Crippen molar-refractivity contribution in [2.75, 3.05) is 11.9 Å². The highest BCUT2D eigenvalue weighted by Gasteiger charge is 2.12. The Morgan fingerprint density at radius 3 is 2.16 bits per heavy atom. The van der Waals surface area contributed by atoms with Crippen molar-refractivity contribution in [3.63, 3.8) is 0 Å². The predicted octanol–water partition coefficient (Wildman–Crippen LogP) is 2.72. The Kier molecular flexibility index (Phi) is 4.82. The van der Waals surface area contributed by atoms with E-state index in [4.69, 9.17) is 5.14 Å². The summed E-state index contributed by atoms with van der Waals surface area (Å²) in [6.45, 7) is 0.967. The van der Waals surface area contributed by atoms with Crippen LogP contribution in [0.4, 0.5) is 5.69 Å². The van der Waals surface area contributed by atoms with Gasteiger partial charge in [-0.1, -0.05) is 25.7 Å². The van der Waals surface area contributed by atoms with E-state index in [-0.39, 0.29) is 4.90 Å². The zero-order valence-corrected chi connectivity index (χ0v) is 12.0. The normalized spacial score (nSPS) is 17.9. The molecule has 1 saturated carbocycles. The Balaban J connectivity index is 1.89. The Morgan fingerprint density at radius 2 is 1.63 bits per heavy atom. The topological polar surface area (TPSA) is 72.2 Å². The van der Waals surface area contributed by atoms with Crippen LogP contribution in [0.2, 0.25) is 0 Å². The van der Waals surface area contributed by atoms with Gasteiger partial charge in [0.25, 0.3) is 0 Å². The highest BCUT2D eigenvalue weighted by Crippen LogP contribution is 2.23. The van der Waals surface area contributed by atoms with Crippen LogP contribution in [0.15, 0.2) is 29.2 Å². The minimum atomic E-state index is -3.59. The van der Waals surface area contributed by atoms with Crippen molar-refractivity contribution in [1.29, 1.82) is 0 Å². The maximum atomic E-state index is 11.1. The summed E-state index contributed by atoms with van der Waals surface area (Å²) in [5, 5.41) is 8.45. The van der Waals surface area contributed by atoms with Crippen molar-refractivity contribution in [3.05, 3.63) is 24.3 Å². The van der Waals surface area contributed by atoms with Crippen LogP contribution < -0.4 is 10.5 Å². The van der Waals surface area contributed by atoms with Crippen molar-refractivity contribution >= 4 is 15.7 Å². The third-order valence-corrected chi connectivity index (χ3v) is 4.68. The molecule has 5 heteroatoms. The van der Waals surface area contributed by atoms with Gasteiger partial charge in [-0.2, -0.15) is 0 Å². The molecule has 0 aromatic heterocycles. The Morgan fingerprint density at radius 1 is 1.05 bits per heavy atom. The maximum absolute atomic E-state index is 11.1. The third-order valence-electron chi connectivity index (χ3n) is 3.75. The Hall–Kier alpha value is -1.07. The van der Waals surface area contributed by atoms with Crippen LogP contribution in [0, 0.1) is 5.92 Å². The van der Waals surface area contributed by atoms with Crippen LogP contribution in [-0.4, -0.2) is 15.0 Å².